The van der Waals surface area contributed by atoms with Crippen molar-refractivity contribution in [3.63, 3.8) is 0 Å². The number of hydrogen-bond donors (Lipinski definition) is 1. The number of carbonyl (C=O) groups is 2. The van der Waals surface area contributed by atoms with Gasteiger partial charge in [0.1, 0.15) is 12.6 Å². The predicted molar refractivity (Wildman–Crippen MR) is 158 cm³/mol. The van der Waals surface area contributed by atoms with Gasteiger partial charge in [-0.3, -0.25) is 13.9 Å². The third-order valence-corrected chi connectivity index (χ3v) is 7.87. The van der Waals surface area contributed by atoms with E-state index in [1.54, 1.807) is 50.2 Å². The quantitative estimate of drug-likeness (QED) is 0.301. The van der Waals surface area contributed by atoms with Gasteiger partial charge in [-0.2, -0.15) is 13.2 Å². The molecule has 0 aliphatic heterocycles. The van der Waals surface area contributed by atoms with Crippen molar-refractivity contribution in [2.45, 2.75) is 52.0 Å². The summed E-state index contributed by atoms with van der Waals surface area (Å²) in [6, 6.07) is 17.6. The van der Waals surface area contributed by atoms with Crippen LogP contribution in [0.3, 0.4) is 0 Å². The van der Waals surface area contributed by atoms with Gasteiger partial charge in [0.2, 0.25) is 21.8 Å². The molecule has 0 heterocycles. The molecule has 0 unspecified atom stereocenters. The van der Waals surface area contributed by atoms with Crippen LogP contribution in [0.15, 0.2) is 72.8 Å². The van der Waals surface area contributed by atoms with E-state index in [0.717, 1.165) is 29.5 Å². The van der Waals surface area contributed by atoms with E-state index in [4.69, 9.17) is 11.6 Å². The molecule has 12 heteroatoms. The van der Waals surface area contributed by atoms with Gasteiger partial charge >= 0.3 is 6.18 Å². The number of nitrogens with one attached hydrogen (secondary N) is 1. The molecular formula is C30H33ClF3N3O4S. The normalized spacial score (nSPS) is 12.6. The number of rotatable bonds is 11. The lowest BCUT2D eigenvalue weighted by molar-refractivity contribution is -0.140. The average molecular weight is 624 g/mol. The molecule has 1 atom stereocenters. The molecule has 0 aromatic heterocycles. The van der Waals surface area contributed by atoms with Crippen molar-refractivity contribution in [2.24, 2.45) is 0 Å². The number of amides is 2. The minimum atomic E-state index is -4.85. The molecule has 1 N–H and O–H groups in total. The average Bonchev–Trinajstić information content (AvgIpc) is 2.89. The third kappa shape index (κ3) is 8.96. The molecule has 0 aliphatic rings. The van der Waals surface area contributed by atoms with Crippen molar-refractivity contribution in [3.8, 4) is 0 Å². The van der Waals surface area contributed by atoms with E-state index in [2.05, 4.69) is 5.32 Å². The maximum absolute atomic E-state index is 14.0. The van der Waals surface area contributed by atoms with Crippen LogP contribution in [-0.4, -0.2) is 50.0 Å². The van der Waals surface area contributed by atoms with Gasteiger partial charge < -0.3 is 10.2 Å². The molecule has 226 valence electrons. The number of aryl methyl sites for hydroxylation is 1. The first-order chi connectivity index (χ1) is 19.6. The van der Waals surface area contributed by atoms with Crippen molar-refractivity contribution >= 4 is 39.1 Å². The minimum absolute atomic E-state index is 0.0475. The Hall–Kier alpha value is -3.57. The number of carbonyl (C=O) groups excluding carboxylic acids is 2. The summed E-state index contributed by atoms with van der Waals surface area (Å²) in [5.74, 6) is -1.23. The Morgan fingerprint density at radius 3 is 2.12 bits per heavy atom. The van der Waals surface area contributed by atoms with Gasteiger partial charge in [-0.1, -0.05) is 71.8 Å². The second-order valence-corrected chi connectivity index (χ2v) is 12.6. The molecule has 2 amide bonds. The highest BCUT2D eigenvalue weighted by Crippen LogP contribution is 2.37. The second-order valence-electron chi connectivity index (χ2n) is 10.3. The highest BCUT2D eigenvalue weighted by Gasteiger charge is 2.36. The Balaban J connectivity index is 2.09. The van der Waals surface area contributed by atoms with Gasteiger partial charge in [0.25, 0.3) is 0 Å². The molecule has 0 saturated carbocycles. The van der Waals surface area contributed by atoms with Crippen LogP contribution in [0, 0.1) is 6.92 Å². The fraction of sp³-hybridized carbons (Fsp3) is 0.333. The lowest BCUT2D eigenvalue weighted by Gasteiger charge is -2.34. The van der Waals surface area contributed by atoms with Crippen LogP contribution in [0.4, 0.5) is 18.9 Å². The van der Waals surface area contributed by atoms with Gasteiger partial charge in [-0.15, -0.1) is 0 Å². The van der Waals surface area contributed by atoms with Crippen molar-refractivity contribution in [3.05, 3.63) is 100 Å². The molecule has 0 fully saturated rings. The van der Waals surface area contributed by atoms with Gasteiger partial charge in [0.05, 0.1) is 22.5 Å². The zero-order valence-corrected chi connectivity index (χ0v) is 25.2. The number of anilines is 1. The van der Waals surface area contributed by atoms with E-state index in [-0.39, 0.29) is 24.7 Å². The SMILES string of the molecule is Cc1ccc(CN(C(=O)CN(c2ccc(Cl)c(C(F)(F)F)c2)S(C)(=O)=O)[C@@H](Cc2ccccc2)C(=O)NC(C)C)cc1. The summed E-state index contributed by atoms with van der Waals surface area (Å²) in [5.41, 5.74) is 0.792. The standard InChI is InChI=1S/C30H33ClF3N3O4S/c1-20(2)35-29(39)27(16-22-8-6-5-7-9-22)36(18-23-12-10-21(3)11-13-23)28(38)19-37(42(4,40)41)24-14-15-26(31)25(17-24)30(32,33)34/h5-15,17,20,27H,16,18-19H2,1-4H3,(H,35,39)/t27-/m0/s1. The minimum Gasteiger partial charge on any atom is -0.352 e. The summed E-state index contributed by atoms with van der Waals surface area (Å²) in [5, 5.41) is 2.22. The van der Waals surface area contributed by atoms with E-state index in [1.807, 2.05) is 25.1 Å². The van der Waals surface area contributed by atoms with Crippen molar-refractivity contribution in [1.29, 1.82) is 0 Å². The van der Waals surface area contributed by atoms with Crippen molar-refractivity contribution in [2.75, 3.05) is 17.1 Å². The number of sulfonamides is 1. The Morgan fingerprint density at radius 2 is 1.57 bits per heavy atom. The zero-order valence-electron chi connectivity index (χ0n) is 23.7. The molecule has 3 rings (SSSR count). The lowest BCUT2D eigenvalue weighted by atomic mass is 10.0. The van der Waals surface area contributed by atoms with Crippen LogP contribution in [0.25, 0.3) is 0 Å². The second kappa shape index (κ2) is 13.6. The van der Waals surface area contributed by atoms with E-state index in [0.29, 0.717) is 15.9 Å². The summed E-state index contributed by atoms with van der Waals surface area (Å²) >= 11 is 5.74. The topological polar surface area (TPSA) is 86.8 Å². The number of hydrogen-bond acceptors (Lipinski definition) is 4. The molecule has 0 bridgehead atoms. The molecular weight excluding hydrogens is 591 g/mol. The van der Waals surface area contributed by atoms with E-state index in [1.165, 1.54) is 4.90 Å². The van der Waals surface area contributed by atoms with Gasteiger partial charge in [-0.05, 0) is 50.1 Å². The first-order valence-electron chi connectivity index (χ1n) is 13.1. The fourth-order valence-electron chi connectivity index (χ4n) is 4.32. The summed E-state index contributed by atoms with van der Waals surface area (Å²) in [6.45, 7) is 4.55. The highest BCUT2D eigenvalue weighted by atomic mass is 35.5. The highest BCUT2D eigenvalue weighted by molar-refractivity contribution is 7.92. The van der Waals surface area contributed by atoms with Crippen LogP contribution in [-0.2, 0) is 38.8 Å². The molecule has 3 aromatic carbocycles. The maximum atomic E-state index is 14.0. The molecule has 0 saturated heterocycles. The maximum Gasteiger partial charge on any atom is 0.417 e. The summed E-state index contributed by atoms with van der Waals surface area (Å²) in [7, 11) is -4.25. The number of alkyl halides is 3. The van der Waals surface area contributed by atoms with Crippen molar-refractivity contribution in [1.82, 2.24) is 10.2 Å². The fourth-order valence-corrected chi connectivity index (χ4v) is 5.39. The Kier molecular flexibility index (Phi) is 10.7. The van der Waals surface area contributed by atoms with Crippen LogP contribution in [0.2, 0.25) is 5.02 Å². The Morgan fingerprint density at radius 1 is 0.952 bits per heavy atom. The Labute approximate surface area is 249 Å². The number of benzene rings is 3. The molecule has 0 spiro atoms. The van der Waals surface area contributed by atoms with Gasteiger partial charge in [0, 0.05) is 19.0 Å². The Bertz CT molecular complexity index is 1500. The van der Waals surface area contributed by atoms with Crippen LogP contribution >= 0.6 is 11.6 Å². The number of nitrogens with zero attached hydrogens (tertiary/aromatic N) is 2. The van der Waals surface area contributed by atoms with E-state index in [9.17, 15) is 31.2 Å². The molecule has 0 aliphatic carbocycles. The molecule has 3 aromatic rings. The smallest absolute Gasteiger partial charge is 0.352 e. The monoisotopic (exact) mass is 623 g/mol. The first-order valence-corrected chi connectivity index (χ1v) is 15.3. The van der Waals surface area contributed by atoms with E-state index < -0.39 is 51.2 Å². The van der Waals surface area contributed by atoms with Crippen molar-refractivity contribution < 1.29 is 31.2 Å². The molecule has 42 heavy (non-hydrogen) atoms. The lowest BCUT2D eigenvalue weighted by Crippen LogP contribution is -2.54. The predicted octanol–water partition coefficient (Wildman–Crippen LogP) is 5.60. The van der Waals surface area contributed by atoms with Crippen LogP contribution in [0.5, 0.6) is 0 Å². The summed E-state index contributed by atoms with van der Waals surface area (Å²) in [4.78, 5) is 28.8. The number of halogens is 4. The summed E-state index contributed by atoms with van der Waals surface area (Å²) < 4.78 is 67.0. The molecule has 7 nitrogen and oxygen atoms in total. The first kappa shape index (κ1) is 32.9. The van der Waals surface area contributed by atoms with Crippen LogP contribution in [0.1, 0.15) is 36.1 Å². The largest absolute Gasteiger partial charge is 0.417 e. The third-order valence-electron chi connectivity index (χ3n) is 6.40. The summed E-state index contributed by atoms with van der Waals surface area (Å²) in [6.07, 6.45) is -3.94. The molecule has 0 radical (unpaired) electrons. The van der Waals surface area contributed by atoms with E-state index >= 15 is 0 Å². The van der Waals surface area contributed by atoms with Crippen LogP contribution < -0.4 is 9.62 Å². The van der Waals surface area contributed by atoms with Gasteiger partial charge in [0.15, 0.2) is 0 Å². The zero-order chi connectivity index (χ0) is 31.2. The van der Waals surface area contributed by atoms with Gasteiger partial charge in [-0.25, -0.2) is 8.42 Å².